The summed E-state index contributed by atoms with van der Waals surface area (Å²) in [4.78, 5) is 9.99. The maximum Gasteiger partial charge on any atom is 0.305 e. The van der Waals surface area contributed by atoms with Crippen molar-refractivity contribution in [3.05, 3.63) is 31.7 Å². The number of nitrogens with zero attached hydrogens (tertiary/aromatic N) is 1. The Balaban J connectivity index is 3.38. The van der Waals surface area contributed by atoms with Crippen LogP contribution in [-0.4, -0.2) is 12.0 Å². The van der Waals surface area contributed by atoms with E-state index in [1.165, 1.54) is 13.2 Å². The first kappa shape index (κ1) is 10.3. The van der Waals surface area contributed by atoms with Crippen LogP contribution in [0.1, 0.15) is 0 Å². The second-order valence-electron chi connectivity index (χ2n) is 2.17. The van der Waals surface area contributed by atoms with E-state index in [2.05, 4.69) is 15.9 Å². The average molecular weight is 266 g/mol. The number of benzene rings is 1. The highest BCUT2D eigenvalue weighted by Gasteiger charge is 2.20. The van der Waals surface area contributed by atoms with Crippen LogP contribution in [0.2, 0.25) is 5.02 Å². The predicted molar refractivity (Wildman–Crippen MR) is 52.4 cm³/mol. The maximum atomic E-state index is 10.5. The number of rotatable bonds is 2. The molecule has 0 spiro atoms. The van der Waals surface area contributed by atoms with E-state index in [0.29, 0.717) is 4.47 Å². The van der Waals surface area contributed by atoms with E-state index < -0.39 is 4.92 Å². The summed E-state index contributed by atoms with van der Waals surface area (Å²) in [6, 6.07) is 3.07. The Kier molecular flexibility index (Phi) is 3.11. The van der Waals surface area contributed by atoms with Crippen LogP contribution in [0.3, 0.4) is 0 Å². The molecule has 0 unspecified atom stereocenters. The molecule has 0 radical (unpaired) electrons. The van der Waals surface area contributed by atoms with E-state index >= 15 is 0 Å². The number of nitro groups is 1. The van der Waals surface area contributed by atoms with Gasteiger partial charge in [-0.1, -0.05) is 11.6 Å². The second kappa shape index (κ2) is 3.93. The standard InChI is InChI=1S/C7H5BrClNO3/c1-13-5-3-2-4(8)7(6(5)9)10(11)12/h2-3H,1H3. The minimum Gasteiger partial charge on any atom is -0.495 e. The van der Waals surface area contributed by atoms with Crippen molar-refractivity contribution in [3.8, 4) is 5.75 Å². The highest BCUT2D eigenvalue weighted by Crippen LogP contribution is 2.38. The third-order valence-electron chi connectivity index (χ3n) is 1.43. The van der Waals surface area contributed by atoms with Crippen molar-refractivity contribution in [2.24, 2.45) is 0 Å². The molecule has 13 heavy (non-hydrogen) atoms. The Labute approximate surface area is 87.7 Å². The summed E-state index contributed by atoms with van der Waals surface area (Å²) >= 11 is 8.74. The molecule has 4 nitrogen and oxygen atoms in total. The average Bonchev–Trinajstić information content (AvgIpc) is 2.04. The van der Waals surface area contributed by atoms with Gasteiger partial charge in [0.1, 0.15) is 5.75 Å². The third kappa shape index (κ3) is 1.92. The fraction of sp³-hybridized carbons (Fsp3) is 0.143. The lowest BCUT2D eigenvalue weighted by Gasteiger charge is -2.03. The van der Waals surface area contributed by atoms with Gasteiger partial charge >= 0.3 is 5.69 Å². The smallest absolute Gasteiger partial charge is 0.305 e. The van der Waals surface area contributed by atoms with Gasteiger partial charge in [0, 0.05) is 0 Å². The number of nitro benzene ring substituents is 1. The molecule has 0 aliphatic carbocycles. The van der Waals surface area contributed by atoms with Gasteiger partial charge < -0.3 is 4.74 Å². The summed E-state index contributed by atoms with van der Waals surface area (Å²) < 4.78 is 5.17. The van der Waals surface area contributed by atoms with Crippen molar-refractivity contribution < 1.29 is 9.66 Å². The summed E-state index contributed by atoms with van der Waals surface area (Å²) in [5.74, 6) is 0.288. The van der Waals surface area contributed by atoms with E-state index in [9.17, 15) is 10.1 Å². The van der Waals surface area contributed by atoms with Gasteiger partial charge in [-0.15, -0.1) is 0 Å². The molecule has 0 atom stereocenters. The van der Waals surface area contributed by atoms with Gasteiger partial charge in [0.25, 0.3) is 0 Å². The molecule has 0 aliphatic heterocycles. The van der Waals surface area contributed by atoms with E-state index in [-0.39, 0.29) is 16.5 Å². The Morgan fingerprint density at radius 2 is 2.23 bits per heavy atom. The monoisotopic (exact) mass is 265 g/mol. The topological polar surface area (TPSA) is 52.4 Å². The molecule has 0 fully saturated rings. The normalized spacial score (nSPS) is 9.77. The number of methoxy groups -OCH3 is 1. The number of ether oxygens (including phenoxy) is 1. The Morgan fingerprint density at radius 3 is 2.69 bits per heavy atom. The van der Waals surface area contributed by atoms with E-state index in [1.807, 2.05) is 0 Å². The third-order valence-corrected chi connectivity index (χ3v) is 2.44. The summed E-state index contributed by atoms with van der Waals surface area (Å²) in [6.07, 6.45) is 0. The van der Waals surface area contributed by atoms with Gasteiger partial charge in [-0.25, -0.2) is 0 Å². The molecule has 70 valence electrons. The molecule has 0 saturated carbocycles. The van der Waals surface area contributed by atoms with Crippen molar-refractivity contribution in [1.82, 2.24) is 0 Å². The number of halogens is 2. The lowest BCUT2D eigenvalue weighted by Crippen LogP contribution is -1.93. The van der Waals surface area contributed by atoms with Crippen molar-refractivity contribution in [3.63, 3.8) is 0 Å². The SMILES string of the molecule is COc1ccc(Br)c([N+](=O)[O-])c1Cl. The van der Waals surface area contributed by atoms with Crippen molar-refractivity contribution in [2.75, 3.05) is 7.11 Å². The lowest BCUT2D eigenvalue weighted by atomic mass is 10.3. The summed E-state index contributed by atoms with van der Waals surface area (Å²) in [7, 11) is 1.40. The molecule has 0 bridgehead atoms. The number of hydrogen-bond acceptors (Lipinski definition) is 3. The summed E-state index contributed by atoms with van der Waals surface area (Å²) in [6.45, 7) is 0. The summed E-state index contributed by atoms with van der Waals surface area (Å²) in [5, 5.41) is 10.5. The molecule has 1 aromatic carbocycles. The Morgan fingerprint density at radius 1 is 1.62 bits per heavy atom. The molecule has 6 heteroatoms. The number of hydrogen-bond donors (Lipinski definition) is 0. The van der Waals surface area contributed by atoms with Crippen LogP contribution in [0.4, 0.5) is 5.69 Å². The lowest BCUT2D eigenvalue weighted by molar-refractivity contribution is -0.385. The zero-order valence-corrected chi connectivity index (χ0v) is 8.92. The first-order valence-electron chi connectivity index (χ1n) is 3.24. The molecule has 1 aromatic rings. The fourth-order valence-corrected chi connectivity index (χ4v) is 1.75. The van der Waals surface area contributed by atoms with Gasteiger partial charge in [-0.2, -0.15) is 0 Å². The Hall–Kier alpha value is -0.810. The minimum absolute atomic E-state index is 0.00174. The molecule has 1 rings (SSSR count). The van der Waals surface area contributed by atoms with Crippen LogP contribution >= 0.6 is 27.5 Å². The van der Waals surface area contributed by atoms with Gasteiger partial charge in [-0.05, 0) is 28.1 Å². The van der Waals surface area contributed by atoms with E-state index in [1.54, 1.807) is 6.07 Å². The maximum absolute atomic E-state index is 10.5. The zero-order chi connectivity index (χ0) is 10.0. The van der Waals surface area contributed by atoms with E-state index in [4.69, 9.17) is 16.3 Å². The van der Waals surface area contributed by atoms with Crippen LogP contribution in [0.15, 0.2) is 16.6 Å². The molecule has 0 amide bonds. The largest absolute Gasteiger partial charge is 0.495 e. The minimum atomic E-state index is -0.561. The molecular formula is C7H5BrClNO3. The first-order valence-corrected chi connectivity index (χ1v) is 4.41. The van der Waals surface area contributed by atoms with Crippen LogP contribution in [0.5, 0.6) is 5.75 Å². The van der Waals surface area contributed by atoms with Gasteiger partial charge in [0.05, 0.1) is 16.5 Å². The second-order valence-corrected chi connectivity index (χ2v) is 3.40. The highest BCUT2D eigenvalue weighted by molar-refractivity contribution is 9.10. The summed E-state index contributed by atoms with van der Waals surface area (Å²) in [5.41, 5.74) is -0.180. The quantitative estimate of drug-likeness (QED) is 0.611. The van der Waals surface area contributed by atoms with Crippen LogP contribution in [-0.2, 0) is 0 Å². The van der Waals surface area contributed by atoms with Crippen LogP contribution < -0.4 is 4.74 Å². The van der Waals surface area contributed by atoms with Crippen molar-refractivity contribution in [1.29, 1.82) is 0 Å². The predicted octanol–water partition coefficient (Wildman–Crippen LogP) is 3.02. The molecule has 0 aromatic heterocycles. The molecular weight excluding hydrogens is 261 g/mol. The van der Waals surface area contributed by atoms with Crippen molar-refractivity contribution >= 4 is 33.2 Å². The molecule has 0 heterocycles. The first-order chi connectivity index (χ1) is 6.07. The molecule has 0 saturated heterocycles. The van der Waals surface area contributed by atoms with Crippen LogP contribution in [0.25, 0.3) is 0 Å². The van der Waals surface area contributed by atoms with Crippen LogP contribution in [0, 0.1) is 10.1 Å². The van der Waals surface area contributed by atoms with Crippen molar-refractivity contribution in [2.45, 2.75) is 0 Å². The van der Waals surface area contributed by atoms with Gasteiger partial charge in [-0.3, -0.25) is 10.1 Å². The highest BCUT2D eigenvalue weighted by atomic mass is 79.9. The van der Waals surface area contributed by atoms with Gasteiger partial charge in [0.15, 0.2) is 5.02 Å². The Bertz CT molecular complexity index is 356. The molecule has 0 aliphatic rings. The van der Waals surface area contributed by atoms with Gasteiger partial charge in [0.2, 0.25) is 0 Å². The van der Waals surface area contributed by atoms with E-state index in [0.717, 1.165) is 0 Å². The molecule has 0 N–H and O–H groups in total. The fourth-order valence-electron chi connectivity index (χ4n) is 0.847. The zero-order valence-electron chi connectivity index (χ0n) is 6.58.